The van der Waals surface area contributed by atoms with Gasteiger partial charge in [0.2, 0.25) is 0 Å². The minimum absolute atomic E-state index is 0.106. The lowest BCUT2D eigenvalue weighted by molar-refractivity contribution is -0.134. The van der Waals surface area contributed by atoms with Crippen molar-refractivity contribution in [3.8, 4) is 5.75 Å². The summed E-state index contributed by atoms with van der Waals surface area (Å²) in [7, 11) is 0. The minimum Gasteiger partial charge on any atom is -0.484 e. The van der Waals surface area contributed by atoms with Gasteiger partial charge in [0, 0.05) is 26.2 Å². The molecule has 0 atom stereocenters. The molecule has 1 saturated heterocycles. The number of ether oxygens (including phenoxy) is 2. The van der Waals surface area contributed by atoms with Gasteiger partial charge in [-0.05, 0) is 31.2 Å². The van der Waals surface area contributed by atoms with Crippen LogP contribution in [0.15, 0.2) is 24.3 Å². The largest absolute Gasteiger partial charge is 0.484 e. The molecule has 6 nitrogen and oxygen atoms in total. The van der Waals surface area contributed by atoms with Gasteiger partial charge in [-0.25, -0.2) is 9.18 Å². The van der Waals surface area contributed by atoms with Crippen LogP contribution in [0.1, 0.15) is 6.92 Å². The van der Waals surface area contributed by atoms with Crippen molar-refractivity contribution in [1.82, 2.24) is 9.80 Å². The Balaban J connectivity index is 1.75. The zero-order chi connectivity index (χ0) is 15.9. The molecule has 2 rings (SSSR count). The summed E-state index contributed by atoms with van der Waals surface area (Å²) < 4.78 is 23.0. The van der Waals surface area contributed by atoms with E-state index in [4.69, 9.17) is 9.47 Å². The van der Waals surface area contributed by atoms with E-state index in [1.54, 1.807) is 16.7 Å². The van der Waals surface area contributed by atoms with Crippen LogP contribution in [0.4, 0.5) is 9.18 Å². The summed E-state index contributed by atoms with van der Waals surface area (Å²) in [5.41, 5.74) is 0. The molecule has 1 aliphatic rings. The van der Waals surface area contributed by atoms with Crippen LogP contribution < -0.4 is 4.74 Å². The molecule has 0 aliphatic carbocycles. The van der Waals surface area contributed by atoms with Crippen molar-refractivity contribution in [3.63, 3.8) is 0 Å². The number of hydrogen-bond acceptors (Lipinski definition) is 4. The smallest absolute Gasteiger partial charge is 0.409 e. The fourth-order valence-corrected chi connectivity index (χ4v) is 2.12. The third kappa shape index (κ3) is 4.34. The molecule has 0 saturated carbocycles. The van der Waals surface area contributed by atoms with E-state index >= 15 is 0 Å². The Labute approximate surface area is 128 Å². The first-order valence-corrected chi connectivity index (χ1v) is 7.18. The quantitative estimate of drug-likeness (QED) is 0.846. The van der Waals surface area contributed by atoms with Gasteiger partial charge in [0.15, 0.2) is 6.61 Å². The monoisotopic (exact) mass is 310 g/mol. The third-order valence-electron chi connectivity index (χ3n) is 3.33. The van der Waals surface area contributed by atoms with Crippen LogP contribution in [-0.4, -0.2) is 61.2 Å². The molecule has 1 fully saturated rings. The molecule has 0 aromatic heterocycles. The van der Waals surface area contributed by atoms with Gasteiger partial charge < -0.3 is 19.3 Å². The van der Waals surface area contributed by atoms with Crippen molar-refractivity contribution in [2.75, 3.05) is 39.4 Å². The van der Waals surface area contributed by atoms with Crippen molar-refractivity contribution in [2.45, 2.75) is 6.92 Å². The maximum atomic E-state index is 12.8. The molecule has 7 heteroatoms. The molecule has 0 bridgehead atoms. The molecule has 120 valence electrons. The normalized spacial score (nSPS) is 14.6. The lowest BCUT2D eigenvalue weighted by atomic mass is 10.3. The average Bonchev–Trinajstić information content (AvgIpc) is 2.54. The zero-order valence-corrected chi connectivity index (χ0v) is 12.5. The summed E-state index contributed by atoms with van der Waals surface area (Å²) in [5.74, 6) is -0.0680. The number of carbonyl (C=O) groups excluding carboxylic acids is 2. The van der Waals surface area contributed by atoms with Crippen LogP contribution in [0.2, 0.25) is 0 Å². The fraction of sp³-hybridized carbons (Fsp3) is 0.467. The van der Waals surface area contributed by atoms with Crippen molar-refractivity contribution in [1.29, 1.82) is 0 Å². The van der Waals surface area contributed by atoms with Crippen LogP contribution in [0, 0.1) is 5.82 Å². The standard InChI is InChI=1S/C15H19FN2O4/c1-2-21-15(20)18-9-7-17(8-10-18)14(19)11-22-13-5-3-12(16)4-6-13/h3-6H,2,7-11H2,1H3. The van der Waals surface area contributed by atoms with E-state index < -0.39 is 0 Å². The Morgan fingerprint density at radius 1 is 1.09 bits per heavy atom. The molecule has 1 aromatic rings. The van der Waals surface area contributed by atoms with Crippen molar-refractivity contribution in [3.05, 3.63) is 30.1 Å². The predicted molar refractivity (Wildman–Crippen MR) is 77.1 cm³/mol. The molecular weight excluding hydrogens is 291 g/mol. The van der Waals surface area contributed by atoms with E-state index in [2.05, 4.69) is 0 Å². The maximum Gasteiger partial charge on any atom is 0.409 e. The highest BCUT2D eigenvalue weighted by atomic mass is 19.1. The van der Waals surface area contributed by atoms with Crippen LogP contribution in [0.3, 0.4) is 0 Å². The van der Waals surface area contributed by atoms with Gasteiger partial charge in [-0.3, -0.25) is 4.79 Å². The number of piperazine rings is 1. The van der Waals surface area contributed by atoms with Gasteiger partial charge in [0.1, 0.15) is 11.6 Å². The van der Waals surface area contributed by atoms with Gasteiger partial charge in [-0.15, -0.1) is 0 Å². The number of nitrogens with zero attached hydrogens (tertiary/aromatic N) is 2. The number of amides is 2. The highest BCUT2D eigenvalue weighted by Gasteiger charge is 2.24. The van der Waals surface area contributed by atoms with Crippen molar-refractivity contribution >= 4 is 12.0 Å². The average molecular weight is 310 g/mol. The fourth-order valence-electron chi connectivity index (χ4n) is 2.12. The van der Waals surface area contributed by atoms with Gasteiger partial charge in [0.25, 0.3) is 5.91 Å². The van der Waals surface area contributed by atoms with Gasteiger partial charge in [0.05, 0.1) is 6.61 Å². The Morgan fingerprint density at radius 3 is 2.27 bits per heavy atom. The van der Waals surface area contributed by atoms with E-state index in [1.807, 2.05) is 0 Å². The highest BCUT2D eigenvalue weighted by molar-refractivity contribution is 5.78. The van der Waals surface area contributed by atoms with Crippen LogP contribution in [0.25, 0.3) is 0 Å². The highest BCUT2D eigenvalue weighted by Crippen LogP contribution is 2.11. The molecule has 22 heavy (non-hydrogen) atoms. The molecule has 0 radical (unpaired) electrons. The summed E-state index contributed by atoms with van der Waals surface area (Å²) in [6.45, 7) is 3.77. The summed E-state index contributed by atoms with van der Waals surface area (Å²) in [6.07, 6.45) is -0.350. The minimum atomic E-state index is -0.353. The van der Waals surface area contributed by atoms with E-state index in [0.29, 0.717) is 38.5 Å². The zero-order valence-electron chi connectivity index (χ0n) is 12.5. The van der Waals surface area contributed by atoms with Crippen molar-refractivity contribution < 1.29 is 23.5 Å². The van der Waals surface area contributed by atoms with E-state index in [9.17, 15) is 14.0 Å². The second kappa shape index (κ2) is 7.63. The summed E-state index contributed by atoms with van der Waals surface area (Å²) in [4.78, 5) is 26.8. The molecule has 2 amide bonds. The van der Waals surface area contributed by atoms with Crippen molar-refractivity contribution in [2.24, 2.45) is 0 Å². The van der Waals surface area contributed by atoms with Crippen LogP contribution >= 0.6 is 0 Å². The molecular formula is C15H19FN2O4. The summed E-state index contributed by atoms with van der Waals surface area (Å²) in [6, 6.07) is 5.50. The molecule has 1 aliphatic heterocycles. The second-order valence-electron chi connectivity index (χ2n) is 4.81. The first kappa shape index (κ1) is 16.1. The van der Waals surface area contributed by atoms with Crippen LogP contribution in [0.5, 0.6) is 5.75 Å². The number of halogens is 1. The SMILES string of the molecule is CCOC(=O)N1CCN(C(=O)COc2ccc(F)cc2)CC1. The molecule has 1 aromatic carbocycles. The Morgan fingerprint density at radius 2 is 1.68 bits per heavy atom. The first-order chi connectivity index (χ1) is 10.6. The van der Waals surface area contributed by atoms with E-state index in [-0.39, 0.29) is 24.4 Å². The Bertz CT molecular complexity index is 513. The number of hydrogen-bond donors (Lipinski definition) is 0. The lowest BCUT2D eigenvalue weighted by Crippen LogP contribution is -2.51. The van der Waals surface area contributed by atoms with Crippen LogP contribution in [-0.2, 0) is 9.53 Å². The first-order valence-electron chi connectivity index (χ1n) is 7.18. The molecule has 0 spiro atoms. The third-order valence-corrected chi connectivity index (χ3v) is 3.33. The maximum absolute atomic E-state index is 12.8. The van der Waals surface area contributed by atoms with Gasteiger partial charge in [-0.2, -0.15) is 0 Å². The Hall–Kier alpha value is -2.31. The number of benzene rings is 1. The second-order valence-corrected chi connectivity index (χ2v) is 4.81. The topological polar surface area (TPSA) is 59.1 Å². The summed E-state index contributed by atoms with van der Waals surface area (Å²) in [5, 5.41) is 0. The van der Waals surface area contributed by atoms with Gasteiger partial charge in [-0.1, -0.05) is 0 Å². The summed E-state index contributed by atoms with van der Waals surface area (Å²) >= 11 is 0. The molecule has 0 N–H and O–H groups in total. The van der Waals surface area contributed by atoms with Gasteiger partial charge >= 0.3 is 6.09 Å². The molecule has 0 unspecified atom stereocenters. The Kier molecular flexibility index (Phi) is 5.57. The van der Waals surface area contributed by atoms with E-state index in [0.717, 1.165) is 0 Å². The predicted octanol–water partition coefficient (Wildman–Crippen LogP) is 1.51. The molecule has 1 heterocycles. The number of carbonyl (C=O) groups is 2. The van der Waals surface area contributed by atoms with E-state index in [1.165, 1.54) is 24.3 Å². The lowest BCUT2D eigenvalue weighted by Gasteiger charge is -2.33. The number of rotatable bonds is 4.